The van der Waals surface area contributed by atoms with Gasteiger partial charge in [-0.1, -0.05) is 11.8 Å². The molecule has 0 radical (unpaired) electrons. The molecule has 17 heteroatoms. The van der Waals surface area contributed by atoms with E-state index in [0.29, 0.717) is 52.9 Å². The van der Waals surface area contributed by atoms with Crippen molar-refractivity contribution in [3.8, 4) is 63.0 Å². The van der Waals surface area contributed by atoms with Crippen molar-refractivity contribution in [3.05, 3.63) is 52.7 Å². The second kappa shape index (κ2) is 16.3. The minimum absolute atomic E-state index is 0.00856. The molecule has 0 spiro atoms. The molecule has 0 aliphatic heterocycles. The van der Waals surface area contributed by atoms with E-state index in [4.69, 9.17) is 42.0 Å². The van der Waals surface area contributed by atoms with Gasteiger partial charge in [-0.15, -0.1) is 10.2 Å². The van der Waals surface area contributed by atoms with Crippen molar-refractivity contribution in [3.63, 3.8) is 0 Å². The van der Waals surface area contributed by atoms with Gasteiger partial charge in [0.15, 0.2) is 17.3 Å². The normalized spacial score (nSPS) is 11.4. The number of hydrogen-bond acceptors (Lipinski definition) is 16. The maximum Gasteiger partial charge on any atom is 0.297 e. The fourth-order valence-electron chi connectivity index (χ4n) is 5.08. The van der Waals surface area contributed by atoms with Gasteiger partial charge in [-0.3, -0.25) is 8.98 Å². The Morgan fingerprint density at radius 2 is 1.43 bits per heavy atom. The van der Waals surface area contributed by atoms with Crippen LogP contribution in [0.5, 0.6) is 40.2 Å². The Balaban J connectivity index is 1.36. The van der Waals surface area contributed by atoms with Crippen molar-refractivity contribution in [2.75, 3.05) is 62.1 Å². The standard InChI is InChI=1S/C34H36N2O13S2/c1-40-20-10-11-27(51(38,39)46-7)22(16-20)33-35-36-34(49-33)50-13-9-8-12-47-32-29(37)28-23(42-3)17-21(41-2)18-24(28)48-30(32)19-14-25(43-4)31(45-6)26(15-19)44-5/h10-11,14-18H,8-9,12-13H2,1-7H3. The van der Waals surface area contributed by atoms with Gasteiger partial charge in [-0.05, 0) is 43.2 Å². The molecule has 0 N–H and O–H groups in total. The quantitative estimate of drug-likeness (QED) is 0.0629. The first-order valence-corrected chi connectivity index (χ1v) is 17.6. The molecule has 0 aliphatic carbocycles. The van der Waals surface area contributed by atoms with Crippen molar-refractivity contribution in [1.29, 1.82) is 0 Å². The van der Waals surface area contributed by atoms with E-state index in [0.717, 1.165) is 7.11 Å². The van der Waals surface area contributed by atoms with Crippen LogP contribution in [0.2, 0.25) is 0 Å². The molecular formula is C34H36N2O13S2. The number of benzene rings is 3. The van der Waals surface area contributed by atoms with Crippen LogP contribution >= 0.6 is 11.8 Å². The highest BCUT2D eigenvalue weighted by Crippen LogP contribution is 2.44. The molecule has 2 heterocycles. The zero-order valence-electron chi connectivity index (χ0n) is 28.9. The number of hydrogen-bond donors (Lipinski definition) is 0. The lowest BCUT2D eigenvalue weighted by molar-refractivity contribution is 0.301. The minimum Gasteiger partial charge on any atom is -0.497 e. The van der Waals surface area contributed by atoms with Gasteiger partial charge < -0.3 is 42.0 Å². The predicted octanol–water partition coefficient (Wildman–Crippen LogP) is 5.85. The van der Waals surface area contributed by atoms with Crippen LogP contribution < -0.4 is 38.6 Å². The maximum absolute atomic E-state index is 14.0. The van der Waals surface area contributed by atoms with E-state index in [2.05, 4.69) is 14.4 Å². The van der Waals surface area contributed by atoms with Crippen molar-refractivity contribution in [2.24, 2.45) is 0 Å². The van der Waals surface area contributed by atoms with Crippen LogP contribution in [0.25, 0.3) is 33.7 Å². The smallest absolute Gasteiger partial charge is 0.297 e. The first-order chi connectivity index (χ1) is 24.6. The van der Waals surface area contributed by atoms with E-state index >= 15 is 0 Å². The Morgan fingerprint density at radius 3 is 2.06 bits per heavy atom. The molecule has 0 amide bonds. The van der Waals surface area contributed by atoms with E-state index in [1.54, 1.807) is 24.3 Å². The number of ether oxygens (including phenoxy) is 7. The Hall–Kier alpha value is -5.13. The van der Waals surface area contributed by atoms with Crippen LogP contribution in [0.3, 0.4) is 0 Å². The second-order valence-corrected chi connectivity index (χ2v) is 13.2. The molecule has 51 heavy (non-hydrogen) atoms. The summed E-state index contributed by atoms with van der Waals surface area (Å²) >= 11 is 1.28. The maximum atomic E-state index is 14.0. The highest BCUT2D eigenvalue weighted by atomic mass is 32.2. The zero-order chi connectivity index (χ0) is 36.7. The first-order valence-electron chi connectivity index (χ1n) is 15.2. The van der Waals surface area contributed by atoms with Crippen LogP contribution in [-0.2, 0) is 14.3 Å². The predicted molar refractivity (Wildman–Crippen MR) is 187 cm³/mol. The number of unbranched alkanes of at least 4 members (excludes halogenated alkanes) is 1. The van der Waals surface area contributed by atoms with Gasteiger partial charge in [0.1, 0.15) is 33.1 Å². The van der Waals surface area contributed by atoms with Crippen LogP contribution in [0.15, 0.2) is 66.2 Å². The van der Waals surface area contributed by atoms with E-state index < -0.39 is 15.5 Å². The topological polar surface area (TPSA) is 177 Å². The van der Waals surface area contributed by atoms with Crippen molar-refractivity contribution in [2.45, 2.75) is 23.0 Å². The molecule has 0 saturated heterocycles. The van der Waals surface area contributed by atoms with E-state index in [-0.39, 0.29) is 56.4 Å². The molecule has 3 aromatic carbocycles. The van der Waals surface area contributed by atoms with Gasteiger partial charge in [-0.25, -0.2) is 0 Å². The first kappa shape index (κ1) is 37.1. The summed E-state index contributed by atoms with van der Waals surface area (Å²) in [5.74, 6) is 2.82. The third-order valence-electron chi connectivity index (χ3n) is 7.60. The van der Waals surface area contributed by atoms with Crippen LogP contribution in [-0.4, -0.2) is 80.7 Å². The lowest BCUT2D eigenvalue weighted by Gasteiger charge is -2.17. The lowest BCUT2D eigenvalue weighted by Crippen LogP contribution is -2.12. The molecule has 0 aliphatic rings. The zero-order valence-corrected chi connectivity index (χ0v) is 30.5. The molecule has 2 aromatic heterocycles. The van der Waals surface area contributed by atoms with Gasteiger partial charge in [0.2, 0.25) is 22.8 Å². The fourth-order valence-corrected chi connectivity index (χ4v) is 6.67. The summed E-state index contributed by atoms with van der Waals surface area (Å²) < 4.78 is 80.5. The minimum atomic E-state index is -4.06. The second-order valence-electron chi connectivity index (χ2n) is 10.5. The molecule has 0 saturated carbocycles. The molecule has 0 bridgehead atoms. The number of thioether (sulfide) groups is 1. The summed E-state index contributed by atoms with van der Waals surface area (Å²) in [6.45, 7) is 0.157. The Labute approximate surface area is 297 Å². The number of rotatable bonds is 17. The molecule has 0 fully saturated rings. The van der Waals surface area contributed by atoms with Gasteiger partial charge >= 0.3 is 0 Å². The molecule has 5 aromatic rings. The van der Waals surface area contributed by atoms with Crippen LogP contribution in [0, 0.1) is 0 Å². The summed E-state index contributed by atoms with van der Waals surface area (Å²) in [7, 11) is 5.87. The SMILES string of the molecule is COc1ccc(S(=O)(=O)OC)c(-c2nnc(SCCCCOc3c(-c4cc(OC)c(OC)c(OC)c4)oc4cc(OC)cc(OC)c4c3=O)o2)c1. The molecule has 5 rings (SSSR count). The molecule has 0 atom stereocenters. The number of aromatic nitrogens is 2. The number of fused-ring (bicyclic) bond motifs is 1. The molecule has 15 nitrogen and oxygen atoms in total. The lowest BCUT2D eigenvalue weighted by atomic mass is 10.1. The summed E-state index contributed by atoms with van der Waals surface area (Å²) in [5.41, 5.74) is 0.375. The Kier molecular flexibility index (Phi) is 11.8. The fraction of sp³-hybridized carbons (Fsp3) is 0.324. The van der Waals surface area contributed by atoms with Gasteiger partial charge in [0.05, 0.1) is 61.9 Å². The number of methoxy groups -OCH3 is 6. The van der Waals surface area contributed by atoms with Gasteiger partial charge in [-0.2, -0.15) is 8.42 Å². The Morgan fingerprint density at radius 1 is 0.725 bits per heavy atom. The van der Waals surface area contributed by atoms with Crippen LogP contribution in [0.4, 0.5) is 0 Å². The highest BCUT2D eigenvalue weighted by Gasteiger charge is 2.26. The summed E-state index contributed by atoms with van der Waals surface area (Å²) in [5, 5.41) is 8.50. The van der Waals surface area contributed by atoms with E-state index in [9.17, 15) is 13.2 Å². The molecular weight excluding hydrogens is 709 g/mol. The van der Waals surface area contributed by atoms with Gasteiger partial charge in [0.25, 0.3) is 15.3 Å². The molecule has 272 valence electrons. The largest absolute Gasteiger partial charge is 0.497 e. The average Bonchev–Trinajstić information content (AvgIpc) is 3.64. The summed E-state index contributed by atoms with van der Waals surface area (Å²) in [6, 6.07) is 10.8. The monoisotopic (exact) mass is 744 g/mol. The summed E-state index contributed by atoms with van der Waals surface area (Å²) in [6.07, 6.45) is 1.16. The van der Waals surface area contributed by atoms with E-state index in [1.165, 1.54) is 72.6 Å². The van der Waals surface area contributed by atoms with Crippen LogP contribution in [0.1, 0.15) is 12.8 Å². The highest BCUT2D eigenvalue weighted by molar-refractivity contribution is 7.99. The molecule has 0 unspecified atom stereocenters. The summed E-state index contributed by atoms with van der Waals surface area (Å²) in [4.78, 5) is 13.9. The van der Waals surface area contributed by atoms with Crippen molar-refractivity contribution in [1.82, 2.24) is 10.2 Å². The number of nitrogens with zero attached hydrogens (tertiary/aromatic N) is 2. The third-order valence-corrected chi connectivity index (χ3v) is 9.83. The van der Waals surface area contributed by atoms with Crippen molar-refractivity contribution < 1.29 is 54.6 Å². The Bertz CT molecular complexity index is 2160. The van der Waals surface area contributed by atoms with Crippen molar-refractivity contribution >= 4 is 32.8 Å². The van der Waals surface area contributed by atoms with Gasteiger partial charge in [0, 0.05) is 23.4 Å². The van der Waals surface area contributed by atoms with E-state index in [1.807, 2.05) is 0 Å². The average molecular weight is 745 g/mol. The third kappa shape index (κ3) is 7.79.